The Morgan fingerprint density at radius 2 is 1.80 bits per heavy atom. The molecule has 0 atom stereocenters. The van der Waals surface area contributed by atoms with Gasteiger partial charge in [-0.2, -0.15) is 5.10 Å². The van der Waals surface area contributed by atoms with Gasteiger partial charge in [0.2, 0.25) is 0 Å². The lowest BCUT2D eigenvalue weighted by Gasteiger charge is -2.44. The molecule has 2 aromatic heterocycles. The zero-order valence-electron chi connectivity index (χ0n) is 14.2. The first-order valence-corrected chi connectivity index (χ1v) is 8.81. The van der Waals surface area contributed by atoms with Crippen molar-refractivity contribution in [1.29, 1.82) is 0 Å². The lowest BCUT2D eigenvalue weighted by molar-refractivity contribution is 0.487. The van der Waals surface area contributed by atoms with E-state index in [0.717, 1.165) is 41.5 Å². The van der Waals surface area contributed by atoms with Crippen molar-refractivity contribution < 1.29 is 0 Å². The maximum atomic E-state index is 4.73. The molecule has 1 saturated heterocycles. The van der Waals surface area contributed by atoms with Crippen LogP contribution in [-0.4, -0.2) is 46.3 Å². The van der Waals surface area contributed by atoms with E-state index in [4.69, 9.17) is 4.98 Å². The highest BCUT2D eigenvalue weighted by Gasteiger charge is 2.32. The van der Waals surface area contributed by atoms with Gasteiger partial charge >= 0.3 is 0 Å². The highest BCUT2D eigenvalue weighted by Crippen LogP contribution is 2.39. The summed E-state index contributed by atoms with van der Waals surface area (Å²) in [6, 6.07) is 12.6. The Morgan fingerprint density at radius 1 is 1.00 bits per heavy atom. The average Bonchev–Trinajstić information content (AvgIpc) is 3.46. The number of fused-ring (bicyclic) bond motifs is 1. The summed E-state index contributed by atoms with van der Waals surface area (Å²) in [7, 11) is 2.09. The predicted molar refractivity (Wildman–Crippen MR) is 97.9 cm³/mol. The van der Waals surface area contributed by atoms with Gasteiger partial charge < -0.3 is 9.80 Å². The molecular formula is C19H20N6. The van der Waals surface area contributed by atoms with Crippen molar-refractivity contribution >= 4 is 22.7 Å². The van der Waals surface area contributed by atoms with Gasteiger partial charge in [-0.15, -0.1) is 5.10 Å². The molecule has 2 fully saturated rings. The van der Waals surface area contributed by atoms with Gasteiger partial charge in [0, 0.05) is 26.1 Å². The third kappa shape index (κ3) is 2.67. The lowest BCUT2D eigenvalue weighted by atomic mass is 10.1. The number of rotatable bonds is 4. The lowest BCUT2D eigenvalue weighted by Crippen LogP contribution is -2.59. The molecule has 126 valence electrons. The van der Waals surface area contributed by atoms with Crippen LogP contribution in [0.3, 0.4) is 0 Å². The summed E-state index contributed by atoms with van der Waals surface area (Å²) in [5.41, 5.74) is 3.01. The minimum Gasteiger partial charge on any atom is -0.352 e. The quantitative estimate of drug-likeness (QED) is 0.732. The fraction of sp³-hybridized carbons (Fsp3) is 0.368. The maximum Gasteiger partial charge on any atom is 0.151 e. The Labute approximate surface area is 146 Å². The van der Waals surface area contributed by atoms with Crippen molar-refractivity contribution in [3.8, 4) is 0 Å². The fourth-order valence-corrected chi connectivity index (χ4v) is 3.29. The monoisotopic (exact) mass is 332 g/mol. The summed E-state index contributed by atoms with van der Waals surface area (Å²) in [5.74, 6) is 2.54. The van der Waals surface area contributed by atoms with E-state index in [9.17, 15) is 0 Å². The molecule has 6 heteroatoms. The van der Waals surface area contributed by atoms with Crippen LogP contribution in [0.1, 0.15) is 24.5 Å². The molecule has 5 rings (SSSR count). The first-order chi connectivity index (χ1) is 12.3. The van der Waals surface area contributed by atoms with Gasteiger partial charge in [0.25, 0.3) is 0 Å². The molecule has 0 bridgehead atoms. The van der Waals surface area contributed by atoms with Crippen molar-refractivity contribution in [3.63, 3.8) is 0 Å². The van der Waals surface area contributed by atoms with E-state index in [0.29, 0.717) is 12.0 Å². The Hall–Kier alpha value is -2.76. The van der Waals surface area contributed by atoms with Crippen LogP contribution in [-0.2, 0) is 0 Å². The van der Waals surface area contributed by atoms with Crippen LogP contribution < -0.4 is 9.80 Å². The van der Waals surface area contributed by atoms with Crippen LogP contribution in [0.4, 0.5) is 11.6 Å². The number of hydrogen-bond acceptors (Lipinski definition) is 6. The summed E-state index contributed by atoms with van der Waals surface area (Å²) in [4.78, 5) is 13.7. The first kappa shape index (κ1) is 14.6. The predicted octanol–water partition coefficient (Wildman–Crippen LogP) is 2.62. The summed E-state index contributed by atoms with van der Waals surface area (Å²) < 4.78 is 0. The van der Waals surface area contributed by atoms with Gasteiger partial charge in [0.05, 0.1) is 29.0 Å². The number of likely N-dealkylation sites (N-methyl/N-ethyl adjacent to an activating group) is 1. The van der Waals surface area contributed by atoms with Crippen LogP contribution >= 0.6 is 0 Å². The maximum absolute atomic E-state index is 4.73. The molecule has 0 N–H and O–H groups in total. The third-order valence-electron chi connectivity index (χ3n) is 5.20. The molecule has 2 aliphatic rings. The molecule has 1 aliphatic heterocycles. The SMILES string of the molecule is CN(c1cnc2ccccc2n1)C1CN(c2ccc(C3CC3)nn2)C1. The molecule has 6 nitrogen and oxygen atoms in total. The van der Waals surface area contributed by atoms with E-state index in [1.54, 1.807) is 0 Å². The standard InChI is InChI=1S/C19H20N6/c1-24(19-10-20-16-4-2-3-5-17(16)21-19)14-11-25(12-14)18-9-8-15(22-23-18)13-6-7-13/h2-5,8-10,13-14H,6-7,11-12H2,1H3. The Morgan fingerprint density at radius 3 is 2.52 bits per heavy atom. The summed E-state index contributed by atoms with van der Waals surface area (Å²) >= 11 is 0. The Balaban J connectivity index is 1.27. The van der Waals surface area contributed by atoms with Crippen LogP contribution in [0.5, 0.6) is 0 Å². The molecule has 0 spiro atoms. The second kappa shape index (κ2) is 5.65. The zero-order valence-corrected chi connectivity index (χ0v) is 14.2. The van der Waals surface area contributed by atoms with Gasteiger partial charge in [-0.1, -0.05) is 12.1 Å². The number of benzene rings is 1. The van der Waals surface area contributed by atoms with Crippen LogP contribution in [0, 0.1) is 0 Å². The third-order valence-corrected chi connectivity index (χ3v) is 5.20. The van der Waals surface area contributed by atoms with E-state index >= 15 is 0 Å². The molecule has 3 aromatic rings. The van der Waals surface area contributed by atoms with Crippen molar-refractivity contribution in [1.82, 2.24) is 20.2 Å². The van der Waals surface area contributed by atoms with E-state index in [2.05, 4.69) is 44.2 Å². The van der Waals surface area contributed by atoms with Gasteiger partial charge in [0.15, 0.2) is 5.82 Å². The van der Waals surface area contributed by atoms with E-state index in [-0.39, 0.29) is 0 Å². The van der Waals surface area contributed by atoms with Gasteiger partial charge in [-0.05, 0) is 37.1 Å². The van der Waals surface area contributed by atoms with Gasteiger partial charge in [-0.3, -0.25) is 4.98 Å². The molecular weight excluding hydrogens is 312 g/mol. The van der Waals surface area contributed by atoms with Gasteiger partial charge in [-0.25, -0.2) is 4.98 Å². The normalized spacial score (nSPS) is 17.6. The van der Waals surface area contributed by atoms with Crippen molar-refractivity contribution in [2.45, 2.75) is 24.8 Å². The number of anilines is 2. The number of para-hydroxylation sites is 2. The highest BCUT2D eigenvalue weighted by atomic mass is 15.4. The van der Waals surface area contributed by atoms with Crippen molar-refractivity contribution in [3.05, 3.63) is 48.3 Å². The smallest absolute Gasteiger partial charge is 0.151 e. The largest absolute Gasteiger partial charge is 0.352 e. The second-order valence-corrected chi connectivity index (χ2v) is 6.98. The summed E-state index contributed by atoms with van der Waals surface area (Å²) in [6.45, 7) is 1.87. The molecule has 3 heterocycles. The molecule has 0 unspecified atom stereocenters. The molecule has 0 radical (unpaired) electrons. The summed E-state index contributed by atoms with van der Waals surface area (Å²) in [5, 5.41) is 8.78. The van der Waals surface area contributed by atoms with E-state index in [1.807, 2.05) is 30.5 Å². The van der Waals surface area contributed by atoms with Crippen molar-refractivity contribution in [2.75, 3.05) is 29.9 Å². The average molecular weight is 332 g/mol. The number of hydrogen-bond donors (Lipinski definition) is 0. The minimum atomic E-state index is 0.417. The van der Waals surface area contributed by atoms with Crippen LogP contribution in [0.2, 0.25) is 0 Å². The minimum absolute atomic E-state index is 0.417. The molecule has 25 heavy (non-hydrogen) atoms. The molecule has 1 aliphatic carbocycles. The number of nitrogens with zero attached hydrogens (tertiary/aromatic N) is 6. The fourth-order valence-electron chi connectivity index (χ4n) is 3.29. The van der Waals surface area contributed by atoms with Crippen molar-refractivity contribution in [2.24, 2.45) is 0 Å². The molecule has 0 amide bonds. The Kier molecular flexibility index (Phi) is 3.29. The first-order valence-electron chi connectivity index (χ1n) is 8.81. The topological polar surface area (TPSA) is 58.0 Å². The zero-order chi connectivity index (χ0) is 16.8. The Bertz CT molecular complexity index is 899. The highest BCUT2D eigenvalue weighted by molar-refractivity contribution is 5.75. The van der Waals surface area contributed by atoms with Gasteiger partial charge in [0.1, 0.15) is 5.82 Å². The summed E-state index contributed by atoms with van der Waals surface area (Å²) in [6.07, 6.45) is 4.38. The molecule has 1 saturated carbocycles. The number of aromatic nitrogens is 4. The van der Waals surface area contributed by atoms with Crippen LogP contribution in [0.15, 0.2) is 42.6 Å². The molecule has 1 aromatic carbocycles. The second-order valence-electron chi connectivity index (χ2n) is 6.98. The van der Waals surface area contributed by atoms with E-state index < -0.39 is 0 Å². The van der Waals surface area contributed by atoms with Crippen LogP contribution in [0.25, 0.3) is 11.0 Å². The van der Waals surface area contributed by atoms with E-state index in [1.165, 1.54) is 12.8 Å².